The third-order valence-corrected chi connectivity index (χ3v) is 4.44. The van der Waals surface area contributed by atoms with Gasteiger partial charge < -0.3 is 5.32 Å². The molecule has 0 amide bonds. The molecule has 19 heavy (non-hydrogen) atoms. The molecule has 2 nitrogen and oxygen atoms in total. The van der Waals surface area contributed by atoms with Crippen molar-refractivity contribution < 1.29 is 0 Å². The summed E-state index contributed by atoms with van der Waals surface area (Å²) in [4.78, 5) is 4.45. The van der Waals surface area contributed by atoms with Gasteiger partial charge >= 0.3 is 0 Å². The smallest absolute Gasteiger partial charge is 0.0704 e. The highest BCUT2D eigenvalue weighted by molar-refractivity contribution is 5.81. The summed E-state index contributed by atoms with van der Waals surface area (Å²) in [6, 6.07) is 11.4. The standard InChI is InChI=1S/C17H22N2/c1-18-15-6-4-5-13(12-15)11-14-9-10-19-17-8-3-2-7-16(14)17/h2-3,7-10,13,15,18H,4-6,11-12H2,1H3. The Morgan fingerprint density at radius 3 is 3.00 bits per heavy atom. The van der Waals surface area contributed by atoms with Crippen LogP contribution in [0.1, 0.15) is 31.2 Å². The van der Waals surface area contributed by atoms with Gasteiger partial charge in [0.15, 0.2) is 0 Å². The van der Waals surface area contributed by atoms with Gasteiger partial charge in [0.25, 0.3) is 0 Å². The normalized spacial score (nSPS) is 23.6. The summed E-state index contributed by atoms with van der Waals surface area (Å²) in [6.07, 6.45) is 8.53. The Morgan fingerprint density at radius 1 is 1.21 bits per heavy atom. The monoisotopic (exact) mass is 254 g/mol. The highest BCUT2D eigenvalue weighted by Crippen LogP contribution is 2.29. The van der Waals surface area contributed by atoms with E-state index in [0.717, 1.165) is 11.4 Å². The predicted molar refractivity (Wildman–Crippen MR) is 80.3 cm³/mol. The Balaban J connectivity index is 1.81. The van der Waals surface area contributed by atoms with E-state index in [1.807, 2.05) is 6.20 Å². The molecule has 1 aliphatic carbocycles. The van der Waals surface area contributed by atoms with Gasteiger partial charge in [-0.25, -0.2) is 0 Å². The lowest BCUT2D eigenvalue weighted by Crippen LogP contribution is -2.31. The van der Waals surface area contributed by atoms with Gasteiger partial charge in [-0.3, -0.25) is 4.98 Å². The van der Waals surface area contributed by atoms with Crippen LogP contribution in [0.4, 0.5) is 0 Å². The van der Waals surface area contributed by atoms with Crippen molar-refractivity contribution in [3.8, 4) is 0 Å². The lowest BCUT2D eigenvalue weighted by molar-refractivity contribution is 0.295. The van der Waals surface area contributed by atoms with Crippen LogP contribution in [-0.2, 0) is 6.42 Å². The second kappa shape index (κ2) is 5.70. The van der Waals surface area contributed by atoms with Gasteiger partial charge in [-0.1, -0.05) is 31.0 Å². The van der Waals surface area contributed by atoms with Gasteiger partial charge in [-0.2, -0.15) is 0 Å². The van der Waals surface area contributed by atoms with Crippen LogP contribution in [0.15, 0.2) is 36.5 Å². The molecule has 1 N–H and O–H groups in total. The number of para-hydroxylation sites is 1. The van der Waals surface area contributed by atoms with E-state index >= 15 is 0 Å². The molecule has 2 aromatic rings. The van der Waals surface area contributed by atoms with E-state index in [1.54, 1.807) is 0 Å². The molecule has 1 saturated carbocycles. The topological polar surface area (TPSA) is 24.9 Å². The zero-order valence-electron chi connectivity index (χ0n) is 11.6. The fraction of sp³-hybridized carbons (Fsp3) is 0.471. The van der Waals surface area contributed by atoms with E-state index in [1.165, 1.54) is 43.1 Å². The number of rotatable bonds is 3. The van der Waals surface area contributed by atoms with Gasteiger partial charge in [0, 0.05) is 17.6 Å². The van der Waals surface area contributed by atoms with E-state index in [4.69, 9.17) is 0 Å². The van der Waals surface area contributed by atoms with Crippen LogP contribution in [0.3, 0.4) is 0 Å². The van der Waals surface area contributed by atoms with Crippen molar-refractivity contribution in [2.24, 2.45) is 5.92 Å². The lowest BCUT2D eigenvalue weighted by Gasteiger charge is -2.29. The van der Waals surface area contributed by atoms with Gasteiger partial charge in [0.1, 0.15) is 0 Å². The fourth-order valence-corrected chi connectivity index (χ4v) is 3.38. The van der Waals surface area contributed by atoms with E-state index in [2.05, 4.69) is 47.7 Å². The summed E-state index contributed by atoms with van der Waals surface area (Å²) in [5.74, 6) is 0.817. The minimum Gasteiger partial charge on any atom is -0.317 e. The molecule has 0 spiro atoms. The first-order chi connectivity index (χ1) is 9.36. The molecule has 2 heteroatoms. The number of benzene rings is 1. The summed E-state index contributed by atoms with van der Waals surface area (Å²) in [6.45, 7) is 0. The number of fused-ring (bicyclic) bond motifs is 1. The number of pyridine rings is 1. The first-order valence-corrected chi connectivity index (χ1v) is 7.36. The molecule has 1 aliphatic rings. The van der Waals surface area contributed by atoms with Crippen molar-refractivity contribution in [2.45, 2.75) is 38.1 Å². The minimum absolute atomic E-state index is 0.715. The Kier molecular flexibility index (Phi) is 3.79. The minimum atomic E-state index is 0.715. The Bertz CT molecular complexity index is 544. The molecule has 1 fully saturated rings. The second-order valence-corrected chi connectivity index (χ2v) is 5.71. The number of nitrogens with zero attached hydrogens (tertiary/aromatic N) is 1. The van der Waals surface area contributed by atoms with Crippen LogP contribution in [0.2, 0.25) is 0 Å². The molecule has 0 bridgehead atoms. The molecule has 1 heterocycles. The van der Waals surface area contributed by atoms with Gasteiger partial charge in [0.2, 0.25) is 0 Å². The second-order valence-electron chi connectivity index (χ2n) is 5.71. The zero-order valence-corrected chi connectivity index (χ0v) is 11.6. The summed E-state index contributed by atoms with van der Waals surface area (Å²) in [5.41, 5.74) is 2.59. The maximum absolute atomic E-state index is 4.45. The first kappa shape index (κ1) is 12.6. The third-order valence-electron chi connectivity index (χ3n) is 4.44. The molecule has 0 radical (unpaired) electrons. The number of hydrogen-bond acceptors (Lipinski definition) is 2. The van der Waals surface area contributed by atoms with Crippen molar-refractivity contribution in [2.75, 3.05) is 7.05 Å². The molecule has 1 aromatic heterocycles. The number of aromatic nitrogens is 1. The number of nitrogens with one attached hydrogen (secondary N) is 1. The SMILES string of the molecule is CNC1CCCC(Cc2ccnc3ccccc23)C1. The molecule has 2 atom stereocenters. The number of hydrogen-bond donors (Lipinski definition) is 1. The largest absolute Gasteiger partial charge is 0.317 e. The van der Waals surface area contributed by atoms with Crippen molar-refractivity contribution in [3.05, 3.63) is 42.1 Å². The van der Waals surface area contributed by atoms with E-state index in [9.17, 15) is 0 Å². The van der Waals surface area contributed by atoms with E-state index in [-0.39, 0.29) is 0 Å². The van der Waals surface area contributed by atoms with Crippen molar-refractivity contribution in [1.29, 1.82) is 0 Å². The van der Waals surface area contributed by atoms with Crippen LogP contribution in [-0.4, -0.2) is 18.1 Å². The lowest BCUT2D eigenvalue weighted by atomic mass is 9.81. The van der Waals surface area contributed by atoms with Crippen molar-refractivity contribution in [3.63, 3.8) is 0 Å². The average molecular weight is 254 g/mol. The average Bonchev–Trinajstić information content (AvgIpc) is 2.48. The van der Waals surface area contributed by atoms with Crippen LogP contribution in [0.25, 0.3) is 10.9 Å². The van der Waals surface area contributed by atoms with Crippen LogP contribution >= 0.6 is 0 Å². The molecule has 0 aliphatic heterocycles. The highest BCUT2D eigenvalue weighted by atomic mass is 14.9. The van der Waals surface area contributed by atoms with Crippen molar-refractivity contribution >= 4 is 10.9 Å². The summed E-state index contributed by atoms with van der Waals surface area (Å²) < 4.78 is 0. The summed E-state index contributed by atoms with van der Waals surface area (Å²) in [7, 11) is 2.09. The Morgan fingerprint density at radius 2 is 2.11 bits per heavy atom. The van der Waals surface area contributed by atoms with Gasteiger partial charge in [-0.05, 0) is 49.9 Å². The third kappa shape index (κ3) is 2.79. The van der Waals surface area contributed by atoms with Crippen LogP contribution < -0.4 is 5.32 Å². The molecule has 2 unspecified atom stereocenters. The molecule has 100 valence electrons. The maximum Gasteiger partial charge on any atom is 0.0704 e. The van der Waals surface area contributed by atoms with Crippen molar-refractivity contribution in [1.82, 2.24) is 10.3 Å². The van der Waals surface area contributed by atoms with E-state index in [0.29, 0.717) is 6.04 Å². The molecule has 3 rings (SSSR count). The molecule has 1 aromatic carbocycles. The Hall–Kier alpha value is -1.41. The first-order valence-electron chi connectivity index (χ1n) is 7.36. The zero-order chi connectivity index (χ0) is 13.1. The molecule has 0 saturated heterocycles. The van der Waals surface area contributed by atoms with Crippen LogP contribution in [0, 0.1) is 5.92 Å². The summed E-state index contributed by atoms with van der Waals surface area (Å²) >= 11 is 0. The predicted octanol–water partition coefficient (Wildman–Crippen LogP) is 3.56. The fourth-order valence-electron chi connectivity index (χ4n) is 3.38. The van der Waals surface area contributed by atoms with Gasteiger partial charge in [0.05, 0.1) is 5.52 Å². The van der Waals surface area contributed by atoms with E-state index < -0.39 is 0 Å². The molecular weight excluding hydrogens is 232 g/mol. The molecular formula is C17H22N2. The quantitative estimate of drug-likeness (QED) is 0.906. The van der Waals surface area contributed by atoms with Crippen LogP contribution in [0.5, 0.6) is 0 Å². The highest BCUT2D eigenvalue weighted by Gasteiger charge is 2.21. The van der Waals surface area contributed by atoms with Gasteiger partial charge in [-0.15, -0.1) is 0 Å². The summed E-state index contributed by atoms with van der Waals surface area (Å²) in [5, 5.41) is 4.77. The maximum atomic E-state index is 4.45. The Labute approximate surface area is 115 Å².